The number of carbonyl (C=O) groups is 2. The van der Waals surface area contributed by atoms with E-state index in [4.69, 9.17) is 0 Å². The van der Waals surface area contributed by atoms with Gasteiger partial charge in [0.25, 0.3) is 0 Å². The standard InChI is InChI=1S/C13H24N2O2/c1-3-13(17)6-4-7-14-8-5-9-15(11-10-14)12(2)16/h3-11H2,1-2H3. The minimum atomic E-state index is 0.174. The van der Waals surface area contributed by atoms with E-state index in [0.29, 0.717) is 18.6 Å². The van der Waals surface area contributed by atoms with Crippen molar-refractivity contribution in [2.45, 2.75) is 39.5 Å². The summed E-state index contributed by atoms with van der Waals surface area (Å²) in [5.74, 6) is 0.526. The molecule has 0 bridgehead atoms. The molecule has 1 amide bonds. The maximum Gasteiger partial charge on any atom is 0.219 e. The van der Waals surface area contributed by atoms with Crippen LogP contribution in [0, 0.1) is 0 Å². The first kappa shape index (κ1) is 14.2. The molecular weight excluding hydrogens is 216 g/mol. The zero-order chi connectivity index (χ0) is 12.7. The Labute approximate surface area is 104 Å². The summed E-state index contributed by atoms with van der Waals surface area (Å²) < 4.78 is 0. The Hall–Kier alpha value is -0.900. The summed E-state index contributed by atoms with van der Waals surface area (Å²) >= 11 is 0. The van der Waals surface area contributed by atoms with Gasteiger partial charge in [-0.1, -0.05) is 6.92 Å². The van der Waals surface area contributed by atoms with Crippen molar-refractivity contribution in [1.29, 1.82) is 0 Å². The summed E-state index contributed by atoms with van der Waals surface area (Å²) in [5.41, 5.74) is 0. The lowest BCUT2D eigenvalue weighted by Gasteiger charge is -2.20. The van der Waals surface area contributed by atoms with Crippen LogP contribution in [0.25, 0.3) is 0 Å². The number of carbonyl (C=O) groups excluding carboxylic acids is 2. The van der Waals surface area contributed by atoms with E-state index in [1.54, 1.807) is 6.92 Å². The third-order valence-corrected chi connectivity index (χ3v) is 3.36. The predicted octanol–water partition coefficient (Wildman–Crippen LogP) is 1.30. The van der Waals surface area contributed by atoms with Gasteiger partial charge in [0.1, 0.15) is 5.78 Å². The highest BCUT2D eigenvalue weighted by Gasteiger charge is 2.15. The summed E-state index contributed by atoms with van der Waals surface area (Å²) in [6, 6.07) is 0. The van der Waals surface area contributed by atoms with Gasteiger partial charge in [-0.15, -0.1) is 0 Å². The monoisotopic (exact) mass is 240 g/mol. The van der Waals surface area contributed by atoms with Crippen molar-refractivity contribution in [1.82, 2.24) is 9.80 Å². The molecule has 1 rings (SSSR count). The van der Waals surface area contributed by atoms with Crippen LogP contribution >= 0.6 is 0 Å². The molecule has 0 radical (unpaired) electrons. The third kappa shape index (κ3) is 5.31. The molecule has 0 atom stereocenters. The quantitative estimate of drug-likeness (QED) is 0.727. The van der Waals surface area contributed by atoms with E-state index >= 15 is 0 Å². The Balaban J connectivity index is 2.22. The maximum absolute atomic E-state index is 11.3. The SMILES string of the molecule is CCC(=O)CCCN1CCCN(C(C)=O)CC1. The zero-order valence-electron chi connectivity index (χ0n) is 11.1. The molecule has 0 aliphatic carbocycles. The maximum atomic E-state index is 11.3. The first-order valence-corrected chi connectivity index (χ1v) is 6.63. The smallest absolute Gasteiger partial charge is 0.219 e. The van der Waals surface area contributed by atoms with E-state index in [-0.39, 0.29) is 5.91 Å². The van der Waals surface area contributed by atoms with Gasteiger partial charge in [0.2, 0.25) is 5.91 Å². The van der Waals surface area contributed by atoms with Crippen molar-refractivity contribution >= 4 is 11.7 Å². The number of hydrogen-bond donors (Lipinski definition) is 0. The van der Waals surface area contributed by atoms with Crippen LogP contribution in [0.15, 0.2) is 0 Å². The zero-order valence-corrected chi connectivity index (χ0v) is 11.1. The number of hydrogen-bond acceptors (Lipinski definition) is 3. The molecule has 1 saturated heterocycles. The Bertz CT molecular complexity index is 266. The average molecular weight is 240 g/mol. The molecule has 0 unspecified atom stereocenters. The van der Waals surface area contributed by atoms with Crippen LogP contribution in [0.5, 0.6) is 0 Å². The first-order chi connectivity index (χ1) is 8.13. The fourth-order valence-corrected chi connectivity index (χ4v) is 2.19. The summed E-state index contributed by atoms with van der Waals surface area (Å²) in [7, 11) is 0. The molecule has 1 fully saturated rings. The van der Waals surface area contributed by atoms with E-state index in [9.17, 15) is 9.59 Å². The summed E-state index contributed by atoms with van der Waals surface area (Å²) in [4.78, 5) is 26.7. The summed E-state index contributed by atoms with van der Waals surface area (Å²) in [6.45, 7) is 8.23. The molecule has 1 aliphatic rings. The molecule has 0 N–H and O–H groups in total. The van der Waals surface area contributed by atoms with Crippen molar-refractivity contribution in [2.75, 3.05) is 32.7 Å². The van der Waals surface area contributed by atoms with Crippen LogP contribution in [0.2, 0.25) is 0 Å². The van der Waals surface area contributed by atoms with Crippen LogP contribution in [-0.4, -0.2) is 54.2 Å². The summed E-state index contributed by atoms with van der Waals surface area (Å²) in [6.07, 6.45) is 3.34. The van der Waals surface area contributed by atoms with Gasteiger partial charge < -0.3 is 9.80 Å². The number of ketones is 1. The fraction of sp³-hybridized carbons (Fsp3) is 0.846. The lowest BCUT2D eigenvalue weighted by Crippen LogP contribution is -2.34. The highest BCUT2D eigenvalue weighted by molar-refractivity contribution is 5.77. The van der Waals surface area contributed by atoms with Gasteiger partial charge in [0, 0.05) is 39.4 Å². The van der Waals surface area contributed by atoms with Gasteiger partial charge in [-0.3, -0.25) is 9.59 Å². The lowest BCUT2D eigenvalue weighted by atomic mass is 10.2. The minimum absolute atomic E-state index is 0.174. The average Bonchev–Trinajstić information content (AvgIpc) is 2.54. The van der Waals surface area contributed by atoms with Gasteiger partial charge in [-0.2, -0.15) is 0 Å². The topological polar surface area (TPSA) is 40.6 Å². The van der Waals surface area contributed by atoms with Crippen LogP contribution in [0.3, 0.4) is 0 Å². The summed E-state index contributed by atoms with van der Waals surface area (Å²) in [5, 5.41) is 0. The van der Waals surface area contributed by atoms with Crippen molar-refractivity contribution in [3.8, 4) is 0 Å². The molecule has 1 aliphatic heterocycles. The molecular formula is C13H24N2O2. The number of amides is 1. The highest BCUT2D eigenvalue weighted by Crippen LogP contribution is 2.05. The molecule has 0 aromatic rings. The third-order valence-electron chi connectivity index (χ3n) is 3.36. The van der Waals surface area contributed by atoms with Crippen LogP contribution in [0.1, 0.15) is 39.5 Å². The van der Waals surface area contributed by atoms with Gasteiger partial charge in [0.15, 0.2) is 0 Å². The molecule has 4 heteroatoms. The predicted molar refractivity (Wildman–Crippen MR) is 67.8 cm³/mol. The molecule has 1 heterocycles. The molecule has 0 aromatic carbocycles. The molecule has 98 valence electrons. The largest absolute Gasteiger partial charge is 0.342 e. The first-order valence-electron chi connectivity index (χ1n) is 6.63. The van der Waals surface area contributed by atoms with Gasteiger partial charge in [0.05, 0.1) is 0 Å². The molecule has 4 nitrogen and oxygen atoms in total. The van der Waals surface area contributed by atoms with E-state index in [1.807, 2.05) is 11.8 Å². The second-order valence-corrected chi connectivity index (χ2v) is 4.70. The van der Waals surface area contributed by atoms with Gasteiger partial charge in [-0.25, -0.2) is 0 Å². The van der Waals surface area contributed by atoms with Crippen LogP contribution in [0.4, 0.5) is 0 Å². The van der Waals surface area contributed by atoms with Crippen LogP contribution in [-0.2, 0) is 9.59 Å². The van der Waals surface area contributed by atoms with Crippen molar-refractivity contribution < 1.29 is 9.59 Å². The second kappa shape index (κ2) is 7.43. The molecule has 0 spiro atoms. The van der Waals surface area contributed by atoms with Crippen molar-refractivity contribution in [3.05, 3.63) is 0 Å². The second-order valence-electron chi connectivity index (χ2n) is 4.70. The Kier molecular flexibility index (Phi) is 6.19. The fourth-order valence-electron chi connectivity index (χ4n) is 2.19. The van der Waals surface area contributed by atoms with Crippen molar-refractivity contribution in [2.24, 2.45) is 0 Å². The van der Waals surface area contributed by atoms with E-state index in [2.05, 4.69) is 4.90 Å². The van der Waals surface area contributed by atoms with E-state index < -0.39 is 0 Å². The lowest BCUT2D eigenvalue weighted by molar-refractivity contribution is -0.128. The van der Waals surface area contributed by atoms with Gasteiger partial charge >= 0.3 is 0 Å². The molecule has 17 heavy (non-hydrogen) atoms. The number of rotatable bonds is 5. The van der Waals surface area contributed by atoms with Crippen LogP contribution < -0.4 is 0 Å². The number of Topliss-reactive ketones (excluding diaryl/α,β-unsaturated/α-hetero) is 1. The van der Waals surface area contributed by atoms with Crippen molar-refractivity contribution in [3.63, 3.8) is 0 Å². The normalized spacial score (nSPS) is 17.9. The molecule has 0 aromatic heterocycles. The number of nitrogens with zero attached hydrogens (tertiary/aromatic N) is 2. The Morgan fingerprint density at radius 3 is 2.53 bits per heavy atom. The van der Waals surface area contributed by atoms with Gasteiger partial charge in [-0.05, 0) is 25.9 Å². The van der Waals surface area contributed by atoms with E-state index in [0.717, 1.165) is 45.6 Å². The Morgan fingerprint density at radius 1 is 1.12 bits per heavy atom. The highest BCUT2D eigenvalue weighted by atomic mass is 16.2. The molecule has 0 saturated carbocycles. The minimum Gasteiger partial charge on any atom is -0.342 e. The Morgan fingerprint density at radius 2 is 1.88 bits per heavy atom. The van der Waals surface area contributed by atoms with E-state index in [1.165, 1.54) is 0 Å².